The first kappa shape index (κ1) is 111. The molecule has 140 heavy (non-hydrogen) atoms. The molecule has 736 valence electrons. The van der Waals surface area contributed by atoms with Gasteiger partial charge in [-0.3, -0.25) is 48.7 Å². The van der Waals surface area contributed by atoms with E-state index in [4.69, 9.17) is 103 Å². The lowest BCUT2D eigenvalue weighted by Crippen LogP contribution is -2.57. The maximum absolute atomic E-state index is 14.0. The van der Waals surface area contributed by atoms with Crippen LogP contribution in [-0.2, 0) is 31.6 Å². The first-order valence-electron chi connectivity index (χ1n) is 45.4. The number of nitrogens with zero attached hydrogens (tertiary/aromatic N) is 8. The maximum Gasteiger partial charge on any atom is 0.336 e. The van der Waals surface area contributed by atoms with E-state index in [1.54, 1.807) is 230 Å². The number of rotatable bonds is 19. The Morgan fingerprint density at radius 3 is 0.743 bits per heavy atom. The van der Waals surface area contributed by atoms with Crippen LogP contribution in [0.25, 0.3) is 0 Å². The van der Waals surface area contributed by atoms with Crippen molar-refractivity contribution < 1.29 is 59.1 Å². The standard InChI is InChI=1S/3C25H24Cl2N2O2.C18H16Cl2N2O2.C7H7Br.C5H9BrO2.C5H10O2/c3*1-4-24(3)25(31,18-7-5-6-17(2)16-18)29(22-14-10-20(27)11-15-22)23(30)28(24)21-12-8-19(26)9-13-21;1-3-18(2)16(23)21(14-8-4-12(19)5-9-14)17(24)22(18)15-10-6-13(20)7-11-15;1-6-3-2-4-7(8)5-6;1-3-5(2,6)4(7)8;1-3-4(2)5(6)7/h3*5-16,31H,4H2,1-3H3;4-11H,3H2,1-2H3;2-5H,1H3;3H2,1-2H3,(H,7,8);4H,3H2,1-2H3,(H,6,7)/t2*24-,25?;;;;;/m10...../s1. The van der Waals surface area contributed by atoms with E-state index in [-0.39, 0.29) is 35.9 Å². The quantitative estimate of drug-likeness (QED) is 0.0375. The molecule has 5 N–H and O–H groups in total. The molecule has 4 aliphatic heterocycles. The monoisotopic (exact) mass is 2180 g/mol. The molecule has 4 fully saturated rings. The summed E-state index contributed by atoms with van der Waals surface area (Å²) in [5.74, 6) is -1.95. The van der Waals surface area contributed by atoms with Crippen molar-refractivity contribution in [3.63, 3.8) is 0 Å². The van der Waals surface area contributed by atoms with Gasteiger partial charge in [0.2, 0.25) is 0 Å². The van der Waals surface area contributed by atoms with Gasteiger partial charge >= 0.3 is 36.1 Å². The molecule has 9 atom stereocenters. The van der Waals surface area contributed by atoms with Crippen molar-refractivity contribution in [1.82, 2.24) is 0 Å². The molecule has 16 rings (SSSR count). The lowest BCUT2D eigenvalue weighted by atomic mass is 9.79. The number of hydrogen-bond donors (Lipinski definition) is 5. The summed E-state index contributed by atoms with van der Waals surface area (Å²) < 4.78 is 0.421. The highest BCUT2D eigenvalue weighted by atomic mass is 79.9. The zero-order valence-electron chi connectivity index (χ0n) is 80.5. The number of urea groups is 4. The van der Waals surface area contributed by atoms with Crippen LogP contribution >= 0.6 is 125 Å². The van der Waals surface area contributed by atoms with E-state index in [0.29, 0.717) is 134 Å². The Hall–Kier alpha value is -10.5. The Labute approximate surface area is 876 Å². The number of carbonyl (C=O) groups is 7. The number of alkyl halides is 1. The van der Waals surface area contributed by atoms with Crippen LogP contribution in [0.2, 0.25) is 40.2 Å². The summed E-state index contributed by atoms with van der Waals surface area (Å²) >= 11 is 54.8. The number of carboxylic acids is 2. The predicted molar refractivity (Wildman–Crippen MR) is 579 cm³/mol. The third-order valence-electron chi connectivity index (χ3n) is 26.2. The van der Waals surface area contributed by atoms with Gasteiger partial charge in [-0.15, -0.1) is 0 Å². The summed E-state index contributed by atoms with van der Waals surface area (Å²) in [6, 6.07) is 85.5. The van der Waals surface area contributed by atoms with Crippen LogP contribution in [0.3, 0.4) is 0 Å². The molecule has 0 radical (unpaired) electrons. The molecular formula is C110H114Br2Cl8N8O12. The molecular weight excluding hydrogens is 2070 g/mol. The number of imide groups is 1. The molecule has 9 amide bonds. The highest BCUT2D eigenvalue weighted by Crippen LogP contribution is 2.57. The van der Waals surface area contributed by atoms with Crippen LogP contribution in [0.4, 0.5) is 64.7 Å². The largest absolute Gasteiger partial charge is 0.481 e. The first-order valence-corrected chi connectivity index (χ1v) is 50.1. The average Bonchev–Trinajstić information content (AvgIpc) is 1.34. The summed E-state index contributed by atoms with van der Waals surface area (Å²) in [6.45, 7) is 30.3. The van der Waals surface area contributed by atoms with Crippen molar-refractivity contribution in [1.29, 1.82) is 0 Å². The van der Waals surface area contributed by atoms with E-state index in [2.05, 4.69) is 50.9 Å². The van der Waals surface area contributed by atoms with Gasteiger partial charge < -0.3 is 25.5 Å². The molecule has 12 aromatic carbocycles. The van der Waals surface area contributed by atoms with Crippen LogP contribution in [0.15, 0.2) is 296 Å². The van der Waals surface area contributed by atoms with E-state index < -0.39 is 55.6 Å². The third kappa shape index (κ3) is 23.0. The van der Waals surface area contributed by atoms with Gasteiger partial charge in [0, 0.05) is 101 Å². The topological polar surface area (TPSA) is 247 Å². The molecule has 0 aliphatic carbocycles. The van der Waals surface area contributed by atoms with Gasteiger partial charge in [-0.25, -0.2) is 24.1 Å². The van der Waals surface area contributed by atoms with E-state index in [0.717, 1.165) is 27.6 Å². The fourth-order valence-corrected chi connectivity index (χ4v) is 18.6. The first-order chi connectivity index (χ1) is 66.0. The van der Waals surface area contributed by atoms with Crippen LogP contribution < -0.4 is 39.2 Å². The Bertz CT molecular complexity index is 5940. The van der Waals surface area contributed by atoms with Gasteiger partial charge in [0.05, 0.1) is 28.2 Å². The van der Waals surface area contributed by atoms with Crippen molar-refractivity contribution in [2.45, 2.75) is 193 Å². The summed E-state index contributed by atoms with van der Waals surface area (Å²) in [4.78, 5) is 100. The minimum atomic E-state index is -1.63. The number of benzene rings is 12. The third-order valence-corrected chi connectivity index (χ3v) is 29.6. The molecule has 20 nitrogen and oxygen atoms in total. The molecule has 30 heteroatoms. The number of aryl methyl sites for hydroxylation is 4. The lowest BCUT2D eigenvalue weighted by molar-refractivity contribution is -0.141. The number of aliphatic carboxylic acids is 2. The van der Waals surface area contributed by atoms with Gasteiger partial charge in [0.25, 0.3) is 5.91 Å². The normalized spacial score (nSPS) is 21.4. The van der Waals surface area contributed by atoms with Gasteiger partial charge in [0.15, 0.2) is 17.2 Å². The van der Waals surface area contributed by atoms with Gasteiger partial charge in [-0.05, 0) is 307 Å². The lowest BCUT2D eigenvalue weighted by Gasteiger charge is -2.44. The molecule has 0 saturated carbocycles. The Kier molecular flexibility index (Phi) is 37.2. The molecule has 4 saturated heterocycles. The SMILES string of the molecule is CCC(C)(Br)C(=O)O.CCC(C)C(=O)O.CCC1(C)C(=O)N(c2ccc(Cl)cc2)C(=O)N1c1ccc(Cl)cc1.CCC1(C)N(c2ccc(Cl)cc2)C(=O)N(c2ccc(Cl)cc2)C1(O)c1cccc(C)c1.CC[C@@]1(C)N(c2ccc(Cl)cc2)C(=O)N(c2ccc(Cl)cc2)C1(O)c1cccc(C)c1.CC[C@]1(C)N(c2ccc(Cl)cc2)C(=O)N(c2ccc(Cl)cc2)C1(O)c1cccc(C)c1.Cc1cccc(Br)c1. The summed E-state index contributed by atoms with van der Waals surface area (Å²) in [5, 5.41) is 58.5. The second-order valence-corrected chi connectivity index (χ2v) is 41.5. The fraction of sp³-hybridized carbons (Fsp3) is 0.282. The number of carboxylic acid groups (broad SMARTS) is 2. The molecule has 0 spiro atoms. The molecule has 4 aliphatic rings. The fourth-order valence-electron chi connectivity index (χ4n) is 17.1. The van der Waals surface area contributed by atoms with E-state index in [9.17, 15) is 48.9 Å². The second kappa shape index (κ2) is 46.7. The molecule has 0 aromatic heterocycles. The summed E-state index contributed by atoms with van der Waals surface area (Å²) in [5.41, 5.74) is 2.34. The van der Waals surface area contributed by atoms with E-state index in [1.165, 1.54) is 30.1 Å². The molecule has 0 bridgehead atoms. The number of hydrogen-bond acceptors (Lipinski definition) is 10. The number of aliphatic hydroxyl groups is 3. The summed E-state index contributed by atoms with van der Waals surface area (Å²) in [6.07, 6.45) is 3.34. The van der Waals surface area contributed by atoms with Gasteiger partial charge in [0.1, 0.15) is 9.86 Å². The number of halogens is 10. The Balaban J connectivity index is 0.000000179. The van der Waals surface area contributed by atoms with Crippen molar-refractivity contribution >= 4 is 212 Å². The van der Waals surface area contributed by atoms with Crippen LogP contribution in [0, 0.1) is 33.6 Å². The molecule has 12 aromatic rings. The van der Waals surface area contributed by atoms with Crippen molar-refractivity contribution in [3.8, 4) is 0 Å². The second-order valence-electron chi connectivity index (χ2n) is 35.4. The van der Waals surface area contributed by atoms with Crippen LogP contribution in [-0.4, -0.2) is 94.0 Å². The van der Waals surface area contributed by atoms with Gasteiger partial charge in [-0.2, -0.15) is 0 Å². The zero-order chi connectivity index (χ0) is 103. The Morgan fingerprint density at radius 1 is 0.336 bits per heavy atom. The average molecular weight is 2180 g/mol. The van der Waals surface area contributed by atoms with Gasteiger partial charge in [-0.1, -0.05) is 280 Å². The summed E-state index contributed by atoms with van der Waals surface area (Å²) in [7, 11) is 0. The predicted octanol–water partition coefficient (Wildman–Crippen LogP) is 30.9. The molecule has 4 heterocycles. The van der Waals surface area contributed by atoms with Crippen molar-refractivity contribution in [2.24, 2.45) is 5.92 Å². The van der Waals surface area contributed by atoms with Crippen LogP contribution in [0.5, 0.6) is 0 Å². The maximum atomic E-state index is 14.0. The molecule has 7 unspecified atom stereocenters. The van der Waals surface area contributed by atoms with E-state index in [1.807, 2.05) is 168 Å². The number of amides is 9. The minimum Gasteiger partial charge on any atom is -0.481 e. The smallest absolute Gasteiger partial charge is 0.336 e. The highest BCUT2D eigenvalue weighted by molar-refractivity contribution is 9.10. The number of anilines is 8. The number of carbonyl (C=O) groups excluding carboxylic acids is 5. The minimum absolute atomic E-state index is 0.181. The Morgan fingerprint density at radius 2 is 0.564 bits per heavy atom. The van der Waals surface area contributed by atoms with Crippen molar-refractivity contribution in [3.05, 3.63) is 375 Å². The van der Waals surface area contributed by atoms with Crippen LogP contribution in [0.1, 0.15) is 161 Å². The highest BCUT2D eigenvalue weighted by Gasteiger charge is 2.69. The zero-order valence-corrected chi connectivity index (χ0v) is 89.7. The van der Waals surface area contributed by atoms with Crippen molar-refractivity contribution in [2.75, 3.05) is 39.2 Å². The van der Waals surface area contributed by atoms with E-state index >= 15 is 0 Å².